The first kappa shape index (κ1) is 11.1. The molecule has 0 aliphatic heterocycles. The summed E-state index contributed by atoms with van der Waals surface area (Å²) in [6.07, 6.45) is -0.219. The number of hydrogen-bond acceptors (Lipinski definition) is 4. The van der Waals surface area contributed by atoms with Crippen molar-refractivity contribution in [1.82, 2.24) is 0 Å². The van der Waals surface area contributed by atoms with E-state index in [4.69, 9.17) is 4.74 Å². The second kappa shape index (κ2) is 5.71. The Balaban J connectivity index is 3.64. The lowest BCUT2D eigenvalue weighted by Gasteiger charge is -2.08. The summed E-state index contributed by atoms with van der Waals surface area (Å²) >= 11 is 0. The van der Waals surface area contributed by atoms with Gasteiger partial charge >= 0.3 is 5.97 Å². The standard InChI is InChI=1S/C8H14O4/c1-4-7(9)5-12-8(10)6(2)11-3/h6H,4-5H2,1-3H3. The van der Waals surface area contributed by atoms with Gasteiger partial charge in [0.1, 0.15) is 6.61 Å². The van der Waals surface area contributed by atoms with E-state index in [-0.39, 0.29) is 12.4 Å². The lowest BCUT2D eigenvalue weighted by atomic mass is 10.3. The number of rotatable bonds is 5. The number of Topliss-reactive ketones (excluding diaryl/α,β-unsaturated/α-hetero) is 1. The zero-order chi connectivity index (χ0) is 9.56. The minimum absolute atomic E-state index is 0.0911. The maximum Gasteiger partial charge on any atom is 0.335 e. The Hall–Kier alpha value is -0.900. The summed E-state index contributed by atoms with van der Waals surface area (Å²) in [6, 6.07) is 0. The van der Waals surface area contributed by atoms with E-state index in [2.05, 4.69) is 4.74 Å². The topological polar surface area (TPSA) is 52.6 Å². The molecule has 0 saturated heterocycles. The minimum atomic E-state index is -0.602. The van der Waals surface area contributed by atoms with E-state index in [1.54, 1.807) is 13.8 Å². The van der Waals surface area contributed by atoms with Crippen LogP contribution in [0.5, 0.6) is 0 Å². The first-order valence-corrected chi connectivity index (χ1v) is 3.83. The average molecular weight is 174 g/mol. The molecule has 0 aromatic rings. The number of ketones is 1. The number of carbonyl (C=O) groups excluding carboxylic acids is 2. The van der Waals surface area contributed by atoms with Gasteiger partial charge in [-0.3, -0.25) is 4.79 Å². The van der Waals surface area contributed by atoms with Crippen LogP contribution >= 0.6 is 0 Å². The van der Waals surface area contributed by atoms with Gasteiger partial charge in [0.25, 0.3) is 0 Å². The molecule has 0 aliphatic carbocycles. The average Bonchev–Trinajstić information content (AvgIpc) is 2.11. The van der Waals surface area contributed by atoms with Gasteiger partial charge in [-0.25, -0.2) is 4.79 Å². The molecule has 70 valence electrons. The van der Waals surface area contributed by atoms with Gasteiger partial charge in [-0.1, -0.05) is 6.92 Å². The minimum Gasteiger partial charge on any atom is -0.456 e. The van der Waals surface area contributed by atoms with Crippen molar-refractivity contribution in [2.45, 2.75) is 26.4 Å². The summed E-state index contributed by atoms with van der Waals surface area (Å²) in [4.78, 5) is 21.6. The maximum atomic E-state index is 10.9. The second-order valence-electron chi connectivity index (χ2n) is 2.38. The molecule has 0 fully saturated rings. The molecule has 0 aromatic carbocycles. The third kappa shape index (κ3) is 4.08. The molecule has 0 aromatic heterocycles. The van der Waals surface area contributed by atoms with Crippen LogP contribution in [-0.4, -0.2) is 31.6 Å². The number of methoxy groups -OCH3 is 1. The van der Waals surface area contributed by atoms with Crippen LogP contribution < -0.4 is 0 Å². The maximum absolute atomic E-state index is 10.9. The van der Waals surface area contributed by atoms with E-state index in [9.17, 15) is 9.59 Å². The van der Waals surface area contributed by atoms with Crippen molar-refractivity contribution in [3.05, 3.63) is 0 Å². The van der Waals surface area contributed by atoms with E-state index >= 15 is 0 Å². The first-order valence-electron chi connectivity index (χ1n) is 3.83. The molecule has 12 heavy (non-hydrogen) atoms. The van der Waals surface area contributed by atoms with Crippen LogP contribution in [0.15, 0.2) is 0 Å². The highest BCUT2D eigenvalue weighted by molar-refractivity contribution is 5.83. The fourth-order valence-electron chi connectivity index (χ4n) is 0.467. The van der Waals surface area contributed by atoms with Crippen LogP contribution in [0.3, 0.4) is 0 Å². The van der Waals surface area contributed by atoms with Crippen molar-refractivity contribution in [3.8, 4) is 0 Å². The zero-order valence-corrected chi connectivity index (χ0v) is 7.62. The molecule has 4 heteroatoms. The van der Waals surface area contributed by atoms with Crippen molar-refractivity contribution in [3.63, 3.8) is 0 Å². The fraction of sp³-hybridized carbons (Fsp3) is 0.750. The highest BCUT2D eigenvalue weighted by atomic mass is 16.6. The predicted octanol–water partition coefficient (Wildman–Crippen LogP) is 0.544. The molecular weight excluding hydrogens is 160 g/mol. The van der Waals surface area contributed by atoms with Crippen LogP contribution in [-0.2, 0) is 19.1 Å². The van der Waals surface area contributed by atoms with Gasteiger partial charge in [0.05, 0.1) is 0 Å². The molecule has 4 nitrogen and oxygen atoms in total. The van der Waals surface area contributed by atoms with Crippen molar-refractivity contribution in [1.29, 1.82) is 0 Å². The lowest BCUT2D eigenvalue weighted by molar-refractivity contribution is -0.157. The second-order valence-corrected chi connectivity index (χ2v) is 2.38. The van der Waals surface area contributed by atoms with Crippen LogP contribution in [0, 0.1) is 0 Å². The SMILES string of the molecule is CCC(=O)COC(=O)C(C)OC. The Morgan fingerprint density at radius 2 is 2.00 bits per heavy atom. The highest BCUT2D eigenvalue weighted by Crippen LogP contribution is 1.93. The van der Waals surface area contributed by atoms with Crippen LogP contribution in [0.2, 0.25) is 0 Å². The van der Waals surface area contributed by atoms with E-state index in [0.29, 0.717) is 6.42 Å². The smallest absolute Gasteiger partial charge is 0.335 e. The molecule has 0 radical (unpaired) electrons. The molecule has 1 atom stereocenters. The van der Waals surface area contributed by atoms with Gasteiger partial charge in [0.2, 0.25) is 0 Å². The number of ether oxygens (including phenoxy) is 2. The van der Waals surface area contributed by atoms with Crippen molar-refractivity contribution in [2.75, 3.05) is 13.7 Å². The summed E-state index contributed by atoms with van der Waals surface area (Å²) in [5.74, 6) is -0.592. The quantitative estimate of drug-likeness (QED) is 0.571. The Kier molecular flexibility index (Phi) is 5.28. The number of esters is 1. The van der Waals surface area contributed by atoms with E-state index < -0.39 is 12.1 Å². The lowest BCUT2D eigenvalue weighted by Crippen LogP contribution is -2.24. The molecule has 0 bridgehead atoms. The van der Waals surface area contributed by atoms with Gasteiger partial charge < -0.3 is 9.47 Å². The summed E-state index contributed by atoms with van der Waals surface area (Å²) in [7, 11) is 1.41. The van der Waals surface area contributed by atoms with Crippen LogP contribution in [0.4, 0.5) is 0 Å². The van der Waals surface area contributed by atoms with Gasteiger partial charge in [-0.05, 0) is 6.92 Å². The van der Waals surface area contributed by atoms with Gasteiger partial charge in [0, 0.05) is 13.5 Å². The number of hydrogen-bond donors (Lipinski definition) is 0. The molecule has 0 aliphatic rings. The normalized spacial score (nSPS) is 12.2. The predicted molar refractivity (Wildman–Crippen MR) is 42.7 cm³/mol. The van der Waals surface area contributed by atoms with Gasteiger partial charge in [0.15, 0.2) is 11.9 Å². The third-order valence-electron chi connectivity index (χ3n) is 1.46. The highest BCUT2D eigenvalue weighted by Gasteiger charge is 2.13. The zero-order valence-electron chi connectivity index (χ0n) is 7.62. The van der Waals surface area contributed by atoms with Gasteiger partial charge in [-0.2, -0.15) is 0 Å². The van der Waals surface area contributed by atoms with E-state index in [1.807, 2.05) is 0 Å². The summed E-state index contributed by atoms with van der Waals surface area (Å²) < 4.78 is 9.33. The Morgan fingerprint density at radius 3 is 2.42 bits per heavy atom. The molecule has 0 amide bonds. The molecule has 0 heterocycles. The fourth-order valence-corrected chi connectivity index (χ4v) is 0.467. The van der Waals surface area contributed by atoms with Crippen LogP contribution in [0.25, 0.3) is 0 Å². The molecule has 1 unspecified atom stereocenters. The van der Waals surface area contributed by atoms with Crippen molar-refractivity contribution < 1.29 is 19.1 Å². The molecule has 0 N–H and O–H groups in total. The van der Waals surface area contributed by atoms with Crippen molar-refractivity contribution >= 4 is 11.8 Å². The van der Waals surface area contributed by atoms with Gasteiger partial charge in [-0.15, -0.1) is 0 Å². The monoisotopic (exact) mass is 174 g/mol. The Morgan fingerprint density at radius 1 is 1.42 bits per heavy atom. The summed E-state index contributed by atoms with van der Waals surface area (Å²) in [5, 5.41) is 0. The first-order chi connectivity index (χ1) is 5.61. The van der Waals surface area contributed by atoms with E-state index in [0.717, 1.165) is 0 Å². The van der Waals surface area contributed by atoms with Crippen molar-refractivity contribution in [2.24, 2.45) is 0 Å². The molecular formula is C8H14O4. The summed E-state index contributed by atoms with van der Waals surface area (Å²) in [5.41, 5.74) is 0. The largest absolute Gasteiger partial charge is 0.456 e. The molecule has 0 saturated carbocycles. The molecule has 0 spiro atoms. The number of carbonyl (C=O) groups is 2. The van der Waals surface area contributed by atoms with E-state index in [1.165, 1.54) is 7.11 Å². The van der Waals surface area contributed by atoms with Crippen LogP contribution in [0.1, 0.15) is 20.3 Å². The molecule has 0 rings (SSSR count). The summed E-state index contributed by atoms with van der Waals surface area (Å²) in [6.45, 7) is 3.14. The third-order valence-corrected chi connectivity index (χ3v) is 1.46. The Bertz CT molecular complexity index is 164. The Labute approximate surface area is 71.8 Å².